The van der Waals surface area contributed by atoms with Gasteiger partial charge in [0, 0.05) is 25.3 Å². The van der Waals surface area contributed by atoms with Crippen LogP contribution in [0, 0.1) is 0 Å². The number of aromatic nitrogens is 1. The van der Waals surface area contributed by atoms with Crippen LogP contribution in [0.5, 0.6) is 0 Å². The summed E-state index contributed by atoms with van der Waals surface area (Å²) in [6.45, 7) is 5.44. The predicted octanol–water partition coefficient (Wildman–Crippen LogP) is 0.687. The van der Waals surface area contributed by atoms with Crippen LogP contribution < -0.4 is 10.6 Å². The standard InChI is InChI=1S/C13H21N3O2/c1-9-6-16(7-12(8-17)18-9)13-5-11(10(2)14)3-4-15-13/h3-5,9-10,12,17H,6-8,14H2,1-2H3. The minimum Gasteiger partial charge on any atom is -0.394 e. The number of hydrogen-bond donors (Lipinski definition) is 2. The molecule has 100 valence electrons. The van der Waals surface area contributed by atoms with Gasteiger partial charge in [0.05, 0.1) is 18.8 Å². The van der Waals surface area contributed by atoms with Crippen molar-refractivity contribution in [3.8, 4) is 0 Å². The number of pyridine rings is 1. The Kier molecular flexibility index (Phi) is 4.16. The molecule has 5 nitrogen and oxygen atoms in total. The van der Waals surface area contributed by atoms with Gasteiger partial charge < -0.3 is 20.5 Å². The zero-order chi connectivity index (χ0) is 13.1. The molecule has 0 amide bonds. The molecule has 5 heteroatoms. The Balaban J connectivity index is 2.17. The van der Waals surface area contributed by atoms with Crippen molar-refractivity contribution in [2.45, 2.75) is 32.1 Å². The molecule has 2 heterocycles. The molecule has 0 spiro atoms. The van der Waals surface area contributed by atoms with Gasteiger partial charge >= 0.3 is 0 Å². The molecule has 1 fully saturated rings. The van der Waals surface area contributed by atoms with Crippen molar-refractivity contribution >= 4 is 5.82 Å². The van der Waals surface area contributed by atoms with Crippen LogP contribution in [0.1, 0.15) is 25.5 Å². The molecule has 1 aromatic rings. The molecular weight excluding hydrogens is 230 g/mol. The Bertz CT molecular complexity index is 398. The van der Waals surface area contributed by atoms with E-state index in [9.17, 15) is 5.11 Å². The molecule has 1 aromatic heterocycles. The fraction of sp³-hybridized carbons (Fsp3) is 0.615. The molecular formula is C13H21N3O2. The largest absolute Gasteiger partial charge is 0.394 e. The molecule has 2 rings (SSSR count). The molecule has 0 bridgehead atoms. The summed E-state index contributed by atoms with van der Waals surface area (Å²) < 4.78 is 5.62. The third-order valence-electron chi connectivity index (χ3n) is 3.15. The van der Waals surface area contributed by atoms with Gasteiger partial charge in [-0.15, -0.1) is 0 Å². The number of nitrogens with zero attached hydrogens (tertiary/aromatic N) is 2. The lowest BCUT2D eigenvalue weighted by Crippen LogP contribution is -2.48. The number of anilines is 1. The minimum absolute atomic E-state index is 0.00106. The van der Waals surface area contributed by atoms with Crippen molar-refractivity contribution in [3.63, 3.8) is 0 Å². The molecule has 3 atom stereocenters. The lowest BCUT2D eigenvalue weighted by atomic mass is 10.1. The first-order valence-corrected chi connectivity index (χ1v) is 6.33. The third kappa shape index (κ3) is 2.98. The van der Waals surface area contributed by atoms with Crippen molar-refractivity contribution in [1.82, 2.24) is 4.98 Å². The van der Waals surface area contributed by atoms with E-state index in [1.807, 2.05) is 26.0 Å². The van der Waals surface area contributed by atoms with E-state index in [-0.39, 0.29) is 24.9 Å². The number of hydrogen-bond acceptors (Lipinski definition) is 5. The summed E-state index contributed by atoms with van der Waals surface area (Å²) in [5.41, 5.74) is 6.95. The highest BCUT2D eigenvalue weighted by molar-refractivity contribution is 5.42. The summed E-state index contributed by atoms with van der Waals surface area (Å²) in [6.07, 6.45) is 1.73. The summed E-state index contributed by atoms with van der Waals surface area (Å²) >= 11 is 0. The molecule has 1 aliphatic heterocycles. The fourth-order valence-electron chi connectivity index (χ4n) is 2.22. The lowest BCUT2D eigenvalue weighted by molar-refractivity contribution is -0.0423. The van der Waals surface area contributed by atoms with E-state index in [2.05, 4.69) is 9.88 Å². The Morgan fingerprint density at radius 1 is 1.61 bits per heavy atom. The van der Waals surface area contributed by atoms with Gasteiger partial charge in [-0.3, -0.25) is 0 Å². The molecule has 3 N–H and O–H groups in total. The second-order valence-electron chi connectivity index (χ2n) is 4.89. The van der Waals surface area contributed by atoms with Crippen LogP contribution >= 0.6 is 0 Å². The summed E-state index contributed by atoms with van der Waals surface area (Å²) in [6, 6.07) is 3.94. The SMILES string of the molecule is CC1CN(c2cc(C(C)N)ccn2)CC(CO)O1. The van der Waals surface area contributed by atoms with Crippen LogP contribution in [-0.2, 0) is 4.74 Å². The zero-order valence-electron chi connectivity index (χ0n) is 10.9. The third-order valence-corrected chi connectivity index (χ3v) is 3.15. The van der Waals surface area contributed by atoms with Crippen LogP contribution in [0.4, 0.5) is 5.82 Å². The second kappa shape index (κ2) is 5.65. The number of rotatable bonds is 3. The maximum atomic E-state index is 9.22. The van der Waals surface area contributed by atoms with E-state index < -0.39 is 0 Å². The highest BCUT2D eigenvalue weighted by atomic mass is 16.5. The van der Waals surface area contributed by atoms with Crippen molar-refractivity contribution < 1.29 is 9.84 Å². The number of morpholine rings is 1. The smallest absolute Gasteiger partial charge is 0.128 e. The fourth-order valence-corrected chi connectivity index (χ4v) is 2.22. The van der Waals surface area contributed by atoms with Gasteiger partial charge in [-0.25, -0.2) is 4.98 Å². The molecule has 0 aliphatic carbocycles. The summed E-state index contributed by atoms with van der Waals surface area (Å²) in [4.78, 5) is 6.52. The molecule has 3 unspecified atom stereocenters. The summed E-state index contributed by atoms with van der Waals surface area (Å²) in [5.74, 6) is 0.901. The maximum absolute atomic E-state index is 9.22. The number of aliphatic hydroxyl groups is 1. The van der Waals surface area contributed by atoms with E-state index in [0.717, 1.165) is 17.9 Å². The molecule has 1 saturated heterocycles. The average Bonchev–Trinajstić information content (AvgIpc) is 2.38. The second-order valence-corrected chi connectivity index (χ2v) is 4.89. The Labute approximate surface area is 108 Å². The van der Waals surface area contributed by atoms with Crippen LogP contribution in [-0.4, -0.2) is 42.0 Å². The van der Waals surface area contributed by atoms with Crippen molar-refractivity contribution in [3.05, 3.63) is 23.9 Å². The molecule has 18 heavy (non-hydrogen) atoms. The first kappa shape index (κ1) is 13.3. The first-order valence-electron chi connectivity index (χ1n) is 6.33. The van der Waals surface area contributed by atoms with E-state index in [4.69, 9.17) is 10.5 Å². The van der Waals surface area contributed by atoms with Crippen molar-refractivity contribution in [2.75, 3.05) is 24.6 Å². The lowest BCUT2D eigenvalue weighted by Gasteiger charge is -2.37. The summed E-state index contributed by atoms with van der Waals surface area (Å²) in [5, 5.41) is 9.22. The predicted molar refractivity (Wildman–Crippen MR) is 70.5 cm³/mol. The average molecular weight is 251 g/mol. The van der Waals surface area contributed by atoms with Crippen molar-refractivity contribution in [1.29, 1.82) is 0 Å². The first-order chi connectivity index (χ1) is 8.60. The summed E-state index contributed by atoms with van der Waals surface area (Å²) in [7, 11) is 0. The van der Waals surface area contributed by atoms with Crippen LogP contribution in [0.15, 0.2) is 18.3 Å². The van der Waals surface area contributed by atoms with Gasteiger partial charge in [0.2, 0.25) is 0 Å². The normalized spacial score (nSPS) is 26.1. The van der Waals surface area contributed by atoms with Gasteiger partial charge in [-0.1, -0.05) is 0 Å². The topological polar surface area (TPSA) is 71.6 Å². The highest BCUT2D eigenvalue weighted by Crippen LogP contribution is 2.21. The van der Waals surface area contributed by atoms with E-state index in [1.165, 1.54) is 0 Å². The van der Waals surface area contributed by atoms with E-state index in [1.54, 1.807) is 6.20 Å². The Morgan fingerprint density at radius 2 is 2.39 bits per heavy atom. The number of aliphatic hydroxyl groups excluding tert-OH is 1. The molecule has 0 radical (unpaired) electrons. The van der Waals surface area contributed by atoms with Gasteiger partial charge in [0.15, 0.2) is 0 Å². The van der Waals surface area contributed by atoms with E-state index in [0.29, 0.717) is 6.54 Å². The quantitative estimate of drug-likeness (QED) is 0.827. The molecule has 1 aliphatic rings. The maximum Gasteiger partial charge on any atom is 0.128 e. The van der Waals surface area contributed by atoms with Gasteiger partial charge in [-0.2, -0.15) is 0 Å². The minimum atomic E-state index is -0.144. The molecule has 0 aromatic carbocycles. The number of ether oxygens (including phenoxy) is 1. The Hall–Kier alpha value is -1.17. The van der Waals surface area contributed by atoms with Crippen LogP contribution in [0.3, 0.4) is 0 Å². The van der Waals surface area contributed by atoms with Crippen LogP contribution in [0.2, 0.25) is 0 Å². The Morgan fingerprint density at radius 3 is 3.06 bits per heavy atom. The molecule has 0 saturated carbocycles. The highest BCUT2D eigenvalue weighted by Gasteiger charge is 2.25. The monoisotopic (exact) mass is 251 g/mol. The van der Waals surface area contributed by atoms with Crippen LogP contribution in [0.25, 0.3) is 0 Å². The van der Waals surface area contributed by atoms with Gasteiger partial charge in [-0.05, 0) is 31.5 Å². The van der Waals surface area contributed by atoms with Crippen molar-refractivity contribution in [2.24, 2.45) is 5.73 Å². The van der Waals surface area contributed by atoms with Gasteiger partial charge in [0.25, 0.3) is 0 Å². The number of nitrogens with two attached hydrogens (primary N) is 1. The van der Waals surface area contributed by atoms with Gasteiger partial charge in [0.1, 0.15) is 5.82 Å². The zero-order valence-corrected chi connectivity index (χ0v) is 10.9. The van der Waals surface area contributed by atoms with E-state index >= 15 is 0 Å².